The van der Waals surface area contributed by atoms with Gasteiger partial charge in [-0.15, -0.1) is 0 Å². The quantitative estimate of drug-likeness (QED) is 0.697. The van der Waals surface area contributed by atoms with Crippen molar-refractivity contribution in [3.63, 3.8) is 0 Å². The van der Waals surface area contributed by atoms with Crippen LogP contribution < -0.4 is 0 Å². The van der Waals surface area contributed by atoms with E-state index in [1.54, 1.807) is 11.6 Å². The summed E-state index contributed by atoms with van der Waals surface area (Å²) >= 11 is 0. The Hall–Kier alpha value is -0.830. The van der Waals surface area contributed by atoms with Gasteiger partial charge in [0.15, 0.2) is 0 Å². The lowest BCUT2D eigenvalue weighted by molar-refractivity contribution is 0.185. The molecule has 62 valence electrons. The molecule has 0 aliphatic rings. The molecule has 0 fully saturated rings. The number of aliphatic hydroxyl groups is 1. The Morgan fingerprint density at radius 2 is 2.45 bits per heavy atom. The Balaban J connectivity index is 2.39. The number of hydrogen-bond donors (Lipinski definition) is 1. The summed E-state index contributed by atoms with van der Waals surface area (Å²) in [4.78, 5) is 0. The highest BCUT2D eigenvalue weighted by molar-refractivity contribution is 5.03. The standard InChI is InChI=1S/C8H14N2O/c1-7(11)3-4-8-5-9-10(2)6-8/h5-7,11H,3-4H2,1-2H3. The van der Waals surface area contributed by atoms with Crippen molar-refractivity contribution in [1.82, 2.24) is 9.78 Å². The minimum atomic E-state index is -0.213. The fourth-order valence-electron chi connectivity index (χ4n) is 0.977. The van der Waals surface area contributed by atoms with Gasteiger partial charge in [0.25, 0.3) is 0 Å². The van der Waals surface area contributed by atoms with Crippen LogP contribution in [0.4, 0.5) is 0 Å². The van der Waals surface area contributed by atoms with E-state index in [0.717, 1.165) is 12.8 Å². The minimum absolute atomic E-state index is 0.213. The second-order valence-electron chi connectivity index (χ2n) is 2.91. The van der Waals surface area contributed by atoms with Gasteiger partial charge in [0.2, 0.25) is 0 Å². The summed E-state index contributed by atoms with van der Waals surface area (Å²) in [5, 5.41) is 13.0. The fourth-order valence-corrected chi connectivity index (χ4v) is 0.977. The van der Waals surface area contributed by atoms with Crippen LogP contribution in [0.2, 0.25) is 0 Å². The van der Waals surface area contributed by atoms with Gasteiger partial charge in [-0.2, -0.15) is 5.10 Å². The molecule has 0 aliphatic carbocycles. The number of rotatable bonds is 3. The van der Waals surface area contributed by atoms with E-state index in [9.17, 15) is 0 Å². The molecule has 1 rings (SSSR count). The van der Waals surface area contributed by atoms with Crippen LogP contribution in [0.5, 0.6) is 0 Å². The maximum Gasteiger partial charge on any atom is 0.0521 e. The summed E-state index contributed by atoms with van der Waals surface area (Å²) in [5.74, 6) is 0. The van der Waals surface area contributed by atoms with Crippen LogP contribution in [0.15, 0.2) is 12.4 Å². The summed E-state index contributed by atoms with van der Waals surface area (Å²) in [7, 11) is 1.89. The average molecular weight is 154 g/mol. The minimum Gasteiger partial charge on any atom is -0.393 e. The smallest absolute Gasteiger partial charge is 0.0521 e. The predicted molar refractivity (Wildman–Crippen MR) is 43.2 cm³/mol. The summed E-state index contributed by atoms with van der Waals surface area (Å²) in [6.07, 6.45) is 5.32. The molecule has 1 unspecified atom stereocenters. The van der Waals surface area contributed by atoms with Gasteiger partial charge < -0.3 is 5.11 Å². The topological polar surface area (TPSA) is 38.1 Å². The molecule has 0 aliphatic heterocycles. The zero-order valence-corrected chi connectivity index (χ0v) is 6.99. The normalized spacial score (nSPS) is 13.4. The Kier molecular flexibility index (Phi) is 2.65. The molecule has 0 aromatic carbocycles. The Morgan fingerprint density at radius 1 is 1.73 bits per heavy atom. The van der Waals surface area contributed by atoms with E-state index in [2.05, 4.69) is 5.10 Å². The maximum atomic E-state index is 8.99. The van der Waals surface area contributed by atoms with Gasteiger partial charge in [-0.05, 0) is 25.3 Å². The van der Waals surface area contributed by atoms with Gasteiger partial charge >= 0.3 is 0 Å². The lowest BCUT2D eigenvalue weighted by Crippen LogP contribution is -2.00. The molecule has 0 radical (unpaired) electrons. The molecule has 0 saturated carbocycles. The Morgan fingerprint density at radius 3 is 2.91 bits per heavy atom. The van der Waals surface area contributed by atoms with E-state index in [0.29, 0.717) is 0 Å². The van der Waals surface area contributed by atoms with Crippen LogP contribution in [0.3, 0.4) is 0 Å². The molecule has 1 atom stereocenters. The summed E-state index contributed by atoms with van der Waals surface area (Å²) in [5.41, 5.74) is 1.19. The number of nitrogens with zero attached hydrogens (tertiary/aromatic N) is 2. The Labute approximate surface area is 66.7 Å². The number of hydrogen-bond acceptors (Lipinski definition) is 2. The highest BCUT2D eigenvalue weighted by Gasteiger charge is 1.98. The first-order chi connectivity index (χ1) is 5.18. The van der Waals surface area contributed by atoms with Crippen molar-refractivity contribution >= 4 is 0 Å². The van der Waals surface area contributed by atoms with Gasteiger partial charge in [0.1, 0.15) is 0 Å². The summed E-state index contributed by atoms with van der Waals surface area (Å²) in [6, 6.07) is 0. The average Bonchev–Trinajstić information content (AvgIpc) is 2.31. The lowest BCUT2D eigenvalue weighted by Gasteiger charge is -1.99. The molecule has 0 spiro atoms. The van der Waals surface area contributed by atoms with Gasteiger partial charge in [-0.25, -0.2) is 0 Å². The van der Waals surface area contributed by atoms with E-state index >= 15 is 0 Å². The van der Waals surface area contributed by atoms with Gasteiger partial charge in [-0.1, -0.05) is 0 Å². The fraction of sp³-hybridized carbons (Fsp3) is 0.625. The van der Waals surface area contributed by atoms with Gasteiger partial charge in [0, 0.05) is 13.2 Å². The van der Waals surface area contributed by atoms with E-state index in [1.807, 2.05) is 19.4 Å². The third-order valence-electron chi connectivity index (χ3n) is 1.61. The summed E-state index contributed by atoms with van der Waals surface area (Å²) in [6.45, 7) is 1.80. The van der Waals surface area contributed by atoms with Crippen molar-refractivity contribution in [3.8, 4) is 0 Å². The van der Waals surface area contributed by atoms with Crippen LogP contribution in [-0.2, 0) is 13.5 Å². The molecule has 1 heterocycles. The largest absolute Gasteiger partial charge is 0.393 e. The second kappa shape index (κ2) is 3.53. The zero-order chi connectivity index (χ0) is 8.27. The Bertz CT molecular complexity index is 218. The molecule has 0 saturated heterocycles. The lowest BCUT2D eigenvalue weighted by atomic mass is 10.1. The van der Waals surface area contributed by atoms with Crippen LogP contribution in [0.1, 0.15) is 18.9 Å². The van der Waals surface area contributed by atoms with Crippen LogP contribution in [0, 0.1) is 0 Å². The van der Waals surface area contributed by atoms with Crippen molar-refractivity contribution in [3.05, 3.63) is 18.0 Å². The predicted octanol–water partition coefficient (Wildman–Crippen LogP) is 0.734. The van der Waals surface area contributed by atoms with Crippen molar-refractivity contribution in [2.24, 2.45) is 7.05 Å². The molecule has 3 heteroatoms. The molecule has 1 N–H and O–H groups in total. The maximum absolute atomic E-state index is 8.99. The first-order valence-corrected chi connectivity index (χ1v) is 3.84. The first kappa shape index (κ1) is 8.27. The van der Waals surface area contributed by atoms with Crippen molar-refractivity contribution in [2.75, 3.05) is 0 Å². The van der Waals surface area contributed by atoms with E-state index < -0.39 is 0 Å². The molecule has 3 nitrogen and oxygen atoms in total. The van der Waals surface area contributed by atoms with Gasteiger partial charge in [0.05, 0.1) is 12.3 Å². The molecular weight excluding hydrogens is 140 g/mol. The number of aliphatic hydroxyl groups excluding tert-OH is 1. The summed E-state index contributed by atoms with van der Waals surface area (Å²) < 4.78 is 1.78. The highest BCUT2D eigenvalue weighted by Crippen LogP contribution is 2.02. The SMILES string of the molecule is CC(O)CCc1cnn(C)c1. The van der Waals surface area contributed by atoms with Crippen molar-refractivity contribution in [1.29, 1.82) is 0 Å². The number of aromatic nitrogens is 2. The molecule has 0 bridgehead atoms. The molecule has 11 heavy (non-hydrogen) atoms. The number of aryl methyl sites for hydroxylation is 2. The van der Waals surface area contributed by atoms with Crippen molar-refractivity contribution in [2.45, 2.75) is 25.9 Å². The molecule has 0 amide bonds. The molecule has 1 aromatic rings. The van der Waals surface area contributed by atoms with Crippen LogP contribution in [-0.4, -0.2) is 21.0 Å². The molecule has 1 aromatic heterocycles. The second-order valence-corrected chi connectivity index (χ2v) is 2.91. The van der Waals surface area contributed by atoms with Crippen molar-refractivity contribution < 1.29 is 5.11 Å². The van der Waals surface area contributed by atoms with E-state index in [1.165, 1.54) is 5.56 Å². The molecular formula is C8H14N2O. The van der Waals surface area contributed by atoms with E-state index in [-0.39, 0.29) is 6.10 Å². The van der Waals surface area contributed by atoms with Gasteiger partial charge in [-0.3, -0.25) is 4.68 Å². The van der Waals surface area contributed by atoms with Crippen LogP contribution >= 0.6 is 0 Å². The zero-order valence-electron chi connectivity index (χ0n) is 6.99. The third-order valence-corrected chi connectivity index (χ3v) is 1.61. The third kappa shape index (κ3) is 2.72. The highest BCUT2D eigenvalue weighted by atomic mass is 16.3. The van der Waals surface area contributed by atoms with Crippen LogP contribution in [0.25, 0.3) is 0 Å². The van der Waals surface area contributed by atoms with E-state index in [4.69, 9.17) is 5.11 Å². The first-order valence-electron chi connectivity index (χ1n) is 3.84. The monoisotopic (exact) mass is 154 g/mol.